The highest BCUT2D eigenvalue weighted by Gasteiger charge is 2.38. The number of carboxylic acid groups (broad SMARTS) is 1. The number of aryl methyl sites for hydroxylation is 1. The Hall–Kier alpha value is -1.66. The van der Waals surface area contributed by atoms with Crippen LogP contribution in [0.3, 0.4) is 0 Å². The molecule has 0 bridgehead atoms. The Labute approximate surface area is 136 Å². The van der Waals surface area contributed by atoms with Crippen molar-refractivity contribution in [1.82, 2.24) is 10.2 Å². The maximum Gasteiger partial charge on any atom is 0.407 e. The number of halogens is 1. The van der Waals surface area contributed by atoms with Crippen LogP contribution in [0.1, 0.15) is 36.9 Å². The fourth-order valence-corrected chi connectivity index (χ4v) is 3.33. The summed E-state index contributed by atoms with van der Waals surface area (Å²) in [5.41, 5.74) is 1.62. The number of amides is 1. The molecule has 0 aromatic heterocycles. The first-order chi connectivity index (χ1) is 11.0. The smallest absolute Gasteiger partial charge is 0.407 e. The number of nitrogens with zero attached hydrogens (tertiary/aromatic N) is 1. The van der Waals surface area contributed by atoms with Gasteiger partial charge in [0.25, 0.3) is 0 Å². The summed E-state index contributed by atoms with van der Waals surface area (Å²) < 4.78 is 13.4. The van der Waals surface area contributed by atoms with Crippen molar-refractivity contribution in [3.8, 4) is 0 Å². The van der Waals surface area contributed by atoms with Gasteiger partial charge < -0.3 is 20.4 Å². The minimum atomic E-state index is -0.949. The first kappa shape index (κ1) is 17.7. The molecule has 1 aromatic rings. The fraction of sp³-hybridized carbons (Fsp3) is 0.588. The average Bonchev–Trinajstić information content (AvgIpc) is 2.92. The first-order valence-electron chi connectivity index (χ1n) is 8.07. The average molecular weight is 324 g/mol. The SMILES string of the molecule is CC[C@@H](CO)NCC1CCN(C(=O)O)C1c1ccc(F)cc1C. The molecule has 6 heteroatoms. The predicted octanol–water partition coefficient (Wildman–Crippen LogP) is 2.54. The molecule has 2 rings (SSSR count). The van der Waals surface area contributed by atoms with E-state index >= 15 is 0 Å². The third-order valence-electron chi connectivity index (χ3n) is 4.70. The summed E-state index contributed by atoms with van der Waals surface area (Å²) in [6, 6.07) is 4.25. The second-order valence-electron chi connectivity index (χ2n) is 6.17. The number of rotatable bonds is 6. The number of hydrogen-bond donors (Lipinski definition) is 3. The van der Waals surface area contributed by atoms with Gasteiger partial charge >= 0.3 is 6.09 Å². The summed E-state index contributed by atoms with van der Waals surface area (Å²) >= 11 is 0. The molecule has 1 aliphatic heterocycles. The molecular weight excluding hydrogens is 299 g/mol. The molecule has 128 valence electrons. The number of aliphatic hydroxyl groups excluding tert-OH is 1. The number of carbonyl (C=O) groups is 1. The van der Waals surface area contributed by atoms with Crippen molar-refractivity contribution >= 4 is 6.09 Å². The maximum atomic E-state index is 13.4. The highest BCUT2D eigenvalue weighted by atomic mass is 19.1. The van der Waals surface area contributed by atoms with E-state index in [9.17, 15) is 19.4 Å². The van der Waals surface area contributed by atoms with Gasteiger partial charge in [0.1, 0.15) is 5.82 Å². The first-order valence-corrected chi connectivity index (χ1v) is 8.07. The molecule has 0 aliphatic carbocycles. The van der Waals surface area contributed by atoms with Crippen molar-refractivity contribution in [1.29, 1.82) is 0 Å². The van der Waals surface area contributed by atoms with E-state index in [0.717, 1.165) is 24.0 Å². The summed E-state index contributed by atoms with van der Waals surface area (Å²) in [7, 11) is 0. The second kappa shape index (κ2) is 7.75. The molecule has 5 nitrogen and oxygen atoms in total. The maximum absolute atomic E-state index is 13.4. The monoisotopic (exact) mass is 324 g/mol. The molecule has 0 spiro atoms. The Morgan fingerprint density at radius 1 is 1.52 bits per heavy atom. The van der Waals surface area contributed by atoms with Gasteiger partial charge in [0.2, 0.25) is 0 Å². The third-order valence-corrected chi connectivity index (χ3v) is 4.70. The fourth-order valence-electron chi connectivity index (χ4n) is 3.33. The van der Waals surface area contributed by atoms with Crippen LogP contribution in [0.15, 0.2) is 18.2 Å². The minimum absolute atomic E-state index is 0.0174. The number of nitrogens with one attached hydrogen (secondary N) is 1. The van der Waals surface area contributed by atoms with Crippen LogP contribution >= 0.6 is 0 Å². The quantitative estimate of drug-likeness (QED) is 0.752. The van der Waals surface area contributed by atoms with E-state index in [1.54, 1.807) is 6.07 Å². The van der Waals surface area contributed by atoms with Crippen molar-refractivity contribution in [2.75, 3.05) is 19.7 Å². The van der Waals surface area contributed by atoms with Crippen LogP contribution in [0.5, 0.6) is 0 Å². The van der Waals surface area contributed by atoms with Gasteiger partial charge in [-0.2, -0.15) is 0 Å². The van der Waals surface area contributed by atoms with Gasteiger partial charge in [-0.1, -0.05) is 13.0 Å². The van der Waals surface area contributed by atoms with E-state index in [1.807, 2.05) is 13.8 Å². The van der Waals surface area contributed by atoms with E-state index in [-0.39, 0.29) is 30.4 Å². The molecule has 1 saturated heterocycles. The van der Waals surface area contributed by atoms with Crippen molar-refractivity contribution in [2.24, 2.45) is 5.92 Å². The molecule has 0 saturated carbocycles. The number of likely N-dealkylation sites (tertiary alicyclic amines) is 1. The second-order valence-corrected chi connectivity index (χ2v) is 6.17. The molecule has 2 unspecified atom stereocenters. The van der Waals surface area contributed by atoms with Gasteiger partial charge in [0.05, 0.1) is 12.6 Å². The van der Waals surface area contributed by atoms with E-state index < -0.39 is 6.09 Å². The lowest BCUT2D eigenvalue weighted by Gasteiger charge is -2.29. The van der Waals surface area contributed by atoms with Crippen LogP contribution in [0.4, 0.5) is 9.18 Å². The standard InChI is InChI=1S/C17H25FN2O3/c1-3-14(10-21)19-9-12-6-7-20(17(22)23)16(12)15-5-4-13(18)8-11(15)2/h4-5,8,12,14,16,19,21H,3,6-7,9-10H2,1-2H3,(H,22,23)/t12?,14-,16?/m0/s1. The molecule has 0 radical (unpaired) electrons. The minimum Gasteiger partial charge on any atom is -0.465 e. The van der Waals surface area contributed by atoms with Crippen LogP contribution in [0.25, 0.3) is 0 Å². The van der Waals surface area contributed by atoms with Gasteiger partial charge in [0, 0.05) is 19.1 Å². The summed E-state index contributed by atoms with van der Waals surface area (Å²) in [5.74, 6) is -0.206. The molecule has 1 fully saturated rings. The number of aliphatic hydroxyl groups is 1. The van der Waals surface area contributed by atoms with E-state index in [4.69, 9.17) is 0 Å². The molecule has 1 aromatic carbocycles. The van der Waals surface area contributed by atoms with Gasteiger partial charge in [-0.05, 0) is 48.9 Å². The Bertz CT molecular complexity index is 549. The topological polar surface area (TPSA) is 72.8 Å². The molecule has 23 heavy (non-hydrogen) atoms. The Morgan fingerprint density at radius 2 is 2.26 bits per heavy atom. The van der Waals surface area contributed by atoms with Gasteiger partial charge in [-0.3, -0.25) is 0 Å². The zero-order valence-electron chi connectivity index (χ0n) is 13.6. The Kier molecular flexibility index (Phi) is 5.96. The summed E-state index contributed by atoms with van der Waals surface area (Å²) in [5, 5.41) is 22.1. The van der Waals surface area contributed by atoms with E-state index in [0.29, 0.717) is 13.1 Å². The predicted molar refractivity (Wildman–Crippen MR) is 85.9 cm³/mol. The van der Waals surface area contributed by atoms with Crippen molar-refractivity contribution in [3.63, 3.8) is 0 Å². The molecule has 1 amide bonds. The molecule has 1 heterocycles. The summed E-state index contributed by atoms with van der Waals surface area (Å²) in [6.07, 6.45) is 0.616. The summed E-state index contributed by atoms with van der Waals surface area (Å²) in [6.45, 7) is 4.97. The lowest BCUT2D eigenvalue weighted by Crippen LogP contribution is -2.38. The zero-order chi connectivity index (χ0) is 17.0. The van der Waals surface area contributed by atoms with Crippen LogP contribution in [-0.4, -0.2) is 46.9 Å². The van der Waals surface area contributed by atoms with Gasteiger partial charge in [-0.25, -0.2) is 9.18 Å². The number of benzene rings is 1. The third kappa shape index (κ3) is 4.00. The lowest BCUT2D eigenvalue weighted by atomic mass is 9.90. The largest absolute Gasteiger partial charge is 0.465 e. The van der Waals surface area contributed by atoms with Crippen LogP contribution in [-0.2, 0) is 0 Å². The normalized spacial score (nSPS) is 22.3. The highest BCUT2D eigenvalue weighted by molar-refractivity contribution is 5.66. The van der Waals surface area contributed by atoms with Crippen molar-refractivity contribution < 1.29 is 19.4 Å². The van der Waals surface area contributed by atoms with E-state index in [2.05, 4.69) is 5.32 Å². The zero-order valence-corrected chi connectivity index (χ0v) is 13.6. The van der Waals surface area contributed by atoms with E-state index in [1.165, 1.54) is 17.0 Å². The Balaban J connectivity index is 2.22. The van der Waals surface area contributed by atoms with Crippen molar-refractivity contribution in [2.45, 2.75) is 38.8 Å². The van der Waals surface area contributed by atoms with Crippen LogP contribution in [0, 0.1) is 18.7 Å². The highest BCUT2D eigenvalue weighted by Crippen LogP contribution is 2.38. The van der Waals surface area contributed by atoms with Crippen LogP contribution < -0.4 is 5.32 Å². The molecular formula is C17H25FN2O3. The molecule has 3 N–H and O–H groups in total. The summed E-state index contributed by atoms with van der Waals surface area (Å²) in [4.78, 5) is 13.0. The van der Waals surface area contributed by atoms with Crippen LogP contribution in [0.2, 0.25) is 0 Å². The van der Waals surface area contributed by atoms with Gasteiger partial charge in [-0.15, -0.1) is 0 Å². The van der Waals surface area contributed by atoms with Gasteiger partial charge in [0.15, 0.2) is 0 Å². The Morgan fingerprint density at radius 3 is 2.83 bits per heavy atom. The number of hydrogen-bond acceptors (Lipinski definition) is 3. The van der Waals surface area contributed by atoms with Crippen molar-refractivity contribution in [3.05, 3.63) is 35.1 Å². The lowest BCUT2D eigenvalue weighted by molar-refractivity contribution is 0.133. The molecule has 1 aliphatic rings. The molecule has 3 atom stereocenters.